The molecule has 2 fully saturated rings. The number of aromatic nitrogens is 2. The van der Waals surface area contributed by atoms with Crippen molar-refractivity contribution in [3.8, 4) is 0 Å². The van der Waals surface area contributed by atoms with Gasteiger partial charge in [-0.25, -0.2) is 4.98 Å². The van der Waals surface area contributed by atoms with Crippen LogP contribution in [0.2, 0.25) is 0 Å². The first-order valence-corrected chi connectivity index (χ1v) is 9.18. The van der Waals surface area contributed by atoms with Crippen LogP contribution in [0.4, 0.5) is 11.8 Å². The Bertz CT molecular complexity index is 460. The number of rotatable bonds is 4. The fourth-order valence-corrected chi connectivity index (χ4v) is 3.77. The number of nitrogens with one attached hydrogen (secondary N) is 2. The Kier molecular flexibility index (Phi) is 5.52. The van der Waals surface area contributed by atoms with E-state index in [4.69, 9.17) is 4.98 Å². The van der Waals surface area contributed by atoms with Crippen molar-refractivity contribution in [2.24, 2.45) is 0 Å². The highest BCUT2D eigenvalue weighted by atomic mass is 15.2. The van der Waals surface area contributed by atoms with Gasteiger partial charge in [0.25, 0.3) is 0 Å². The minimum Gasteiger partial charge on any atom is -0.367 e. The molecule has 0 amide bonds. The van der Waals surface area contributed by atoms with E-state index < -0.39 is 0 Å². The molecular weight excluding hydrogens is 272 g/mol. The summed E-state index contributed by atoms with van der Waals surface area (Å²) in [5.41, 5.74) is 1.05. The Balaban J connectivity index is 1.63. The normalized spacial score (nSPS) is 21.3. The fraction of sp³-hybridized carbons (Fsp3) is 0.778. The summed E-state index contributed by atoms with van der Waals surface area (Å²) >= 11 is 0. The zero-order valence-corrected chi connectivity index (χ0v) is 13.9. The molecule has 2 aliphatic carbocycles. The molecule has 3 rings (SSSR count). The van der Waals surface area contributed by atoms with Crippen molar-refractivity contribution in [3.05, 3.63) is 11.8 Å². The fourth-order valence-electron chi connectivity index (χ4n) is 3.77. The second-order valence-corrected chi connectivity index (χ2v) is 7.03. The van der Waals surface area contributed by atoms with E-state index in [9.17, 15) is 0 Å². The van der Waals surface area contributed by atoms with Crippen molar-refractivity contribution in [1.82, 2.24) is 9.97 Å². The molecule has 0 unspecified atom stereocenters. The van der Waals surface area contributed by atoms with Crippen LogP contribution in [0.5, 0.6) is 0 Å². The Morgan fingerprint density at radius 3 is 1.95 bits per heavy atom. The quantitative estimate of drug-likeness (QED) is 0.794. The molecular formula is C18H30N4. The maximum Gasteiger partial charge on any atom is 0.225 e. The van der Waals surface area contributed by atoms with Crippen molar-refractivity contribution in [2.75, 3.05) is 10.6 Å². The number of hydrogen-bond acceptors (Lipinski definition) is 4. The van der Waals surface area contributed by atoms with E-state index in [1.54, 1.807) is 0 Å². The minimum atomic E-state index is 0.548. The zero-order chi connectivity index (χ0) is 15.2. The third kappa shape index (κ3) is 4.59. The van der Waals surface area contributed by atoms with E-state index >= 15 is 0 Å². The molecule has 0 aromatic carbocycles. The molecule has 4 nitrogen and oxygen atoms in total. The van der Waals surface area contributed by atoms with E-state index in [1.807, 2.05) is 0 Å². The Hall–Kier alpha value is -1.32. The van der Waals surface area contributed by atoms with Gasteiger partial charge in [-0.1, -0.05) is 44.9 Å². The summed E-state index contributed by atoms with van der Waals surface area (Å²) in [7, 11) is 0. The Morgan fingerprint density at radius 1 is 0.773 bits per heavy atom. The summed E-state index contributed by atoms with van der Waals surface area (Å²) in [6, 6.07) is 3.22. The van der Waals surface area contributed by atoms with E-state index in [-0.39, 0.29) is 0 Å². The Labute approximate surface area is 134 Å². The number of aryl methyl sites for hydroxylation is 1. The lowest BCUT2D eigenvalue weighted by atomic mass is 9.95. The summed E-state index contributed by atoms with van der Waals surface area (Å²) in [5.74, 6) is 1.81. The summed E-state index contributed by atoms with van der Waals surface area (Å²) in [4.78, 5) is 9.31. The van der Waals surface area contributed by atoms with E-state index in [1.165, 1.54) is 70.6 Å². The highest BCUT2D eigenvalue weighted by Gasteiger charge is 2.16. The van der Waals surface area contributed by atoms with Crippen LogP contribution in [0.25, 0.3) is 0 Å². The van der Waals surface area contributed by atoms with Gasteiger partial charge in [0, 0.05) is 23.8 Å². The summed E-state index contributed by atoms with van der Waals surface area (Å²) in [5, 5.41) is 7.20. The molecule has 1 aromatic heterocycles. The van der Waals surface area contributed by atoms with Crippen LogP contribution in [0.3, 0.4) is 0 Å². The van der Waals surface area contributed by atoms with E-state index in [0.29, 0.717) is 12.1 Å². The number of hydrogen-bond donors (Lipinski definition) is 2. The molecule has 0 radical (unpaired) electrons. The maximum atomic E-state index is 4.72. The second-order valence-electron chi connectivity index (χ2n) is 7.03. The maximum absolute atomic E-state index is 4.72. The van der Waals surface area contributed by atoms with Crippen LogP contribution in [0, 0.1) is 6.92 Å². The van der Waals surface area contributed by atoms with Crippen molar-refractivity contribution >= 4 is 11.8 Å². The molecule has 1 heterocycles. The summed E-state index contributed by atoms with van der Waals surface area (Å²) in [6.07, 6.45) is 14.5. The molecule has 1 aromatic rings. The van der Waals surface area contributed by atoms with Gasteiger partial charge in [-0.15, -0.1) is 0 Å². The molecule has 0 atom stereocenters. The SMILES string of the molecule is Cc1cc(NC2CCCCC2)nc(NC2CCCCCC2)n1. The highest BCUT2D eigenvalue weighted by Crippen LogP contribution is 2.23. The van der Waals surface area contributed by atoms with Crippen molar-refractivity contribution in [1.29, 1.82) is 0 Å². The van der Waals surface area contributed by atoms with Crippen LogP contribution in [-0.4, -0.2) is 22.1 Å². The average molecular weight is 302 g/mol. The summed E-state index contributed by atoms with van der Waals surface area (Å²) < 4.78 is 0. The van der Waals surface area contributed by atoms with Crippen LogP contribution in [0.15, 0.2) is 6.07 Å². The van der Waals surface area contributed by atoms with Crippen molar-refractivity contribution in [2.45, 2.75) is 89.6 Å². The van der Waals surface area contributed by atoms with Crippen LogP contribution in [0.1, 0.15) is 76.3 Å². The Morgan fingerprint density at radius 2 is 1.32 bits per heavy atom. The van der Waals surface area contributed by atoms with E-state index in [2.05, 4.69) is 28.6 Å². The molecule has 0 aliphatic heterocycles. The van der Waals surface area contributed by atoms with Crippen molar-refractivity contribution in [3.63, 3.8) is 0 Å². The van der Waals surface area contributed by atoms with Gasteiger partial charge in [-0.2, -0.15) is 4.98 Å². The van der Waals surface area contributed by atoms with Gasteiger partial charge in [0.2, 0.25) is 5.95 Å². The van der Waals surface area contributed by atoms with Gasteiger partial charge >= 0.3 is 0 Å². The minimum absolute atomic E-state index is 0.548. The van der Waals surface area contributed by atoms with Crippen molar-refractivity contribution < 1.29 is 0 Å². The van der Waals surface area contributed by atoms with Gasteiger partial charge in [-0.05, 0) is 32.6 Å². The molecule has 2 N–H and O–H groups in total. The average Bonchev–Trinajstić information content (AvgIpc) is 2.76. The monoisotopic (exact) mass is 302 g/mol. The first kappa shape index (κ1) is 15.6. The standard InChI is InChI=1S/C18H30N4/c1-14-13-17(20-15-9-7-4-8-10-15)22-18(19-14)21-16-11-5-2-3-6-12-16/h13,15-16H,2-12H2,1H3,(H2,19,20,21,22). The lowest BCUT2D eigenvalue weighted by Gasteiger charge is -2.24. The third-order valence-electron chi connectivity index (χ3n) is 5.00. The van der Waals surface area contributed by atoms with Crippen LogP contribution in [-0.2, 0) is 0 Å². The lowest BCUT2D eigenvalue weighted by Crippen LogP contribution is -2.24. The second kappa shape index (κ2) is 7.80. The molecule has 0 bridgehead atoms. The third-order valence-corrected chi connectivity index (χ3v) is 5.00. The van der Waals surface area contributed by atoms with E-state index in [0.717, 1.165) is 17.5 Å². The molecule has 4 heteroatoms. The first-order valence-electron chi connectivity index (χ1n) is 9.18. The van der Waals surface area contributed by atoms with Gasteiger partial charge in [0.1, 0.15) is 5.82 Å². The van der Waals surface area contributed by atoms with Gasteiger partial charge in [0.05, 0.1) is 0 Å². The first-order chi connectivity index (χ1) is 10.8. The van der Waals surface area contributed by atoms with Crippen LogP contribution < -0.4 is 10.6 Å². The molecule has 122 valence electrons. The van der Waals surface area contributed by atoms with Gasteiger partial charge < -0.3 is 10.6 Å². The van der Waals surface area contributed by atoms with Crippen LogP contribution >= 0.6 is 0 Å². The number of anilines is 2. The number of nitrogens with zero attached hydrogens (tertiary/aromatic N) is 2. The van der Waals surface area contributed by atoms with Gasteiger partial charge in [0.15, 0.2) is 0 Å². The molecule has 2 aliphatic rings. The smallest absolute Gasteiger partial charge is 0.225 e. The summed E-state index contributed by atoms with van der Waals surface area (Å²) in [6.45, 7) is 2.06. The predicted octanol–water partition coefficient (Wildman–Crippen LogP) is 4.66. The van der Waals surface area contributed by atoms with Gasteiger partial charge in [-0.3, -0.25) is 0 Å². The molecule has 0 saturated heterocycles. The largest absolute Gasteiger partial charge is 0.367 e. The molecule has 0 spiro atoms. The predicted molar refractivity (Wildman–Crippen MR) is 92.4 cm³/mol. The molecule has 22 heavy (non-hydrogen) atoms. The topological polar surface area (TPSA) is 49.8 Å². The highest BCUT2D eigenvalue weighted by molar-refractivity contribution is 5.43. The molecule has 2 saturated carbocycles. The lowest BCUT2D eigenvalue weighted by molar-refractivity contribution is 0.462. The zero-order valence-electron chi connectivity index (χ0n) is 13.9.